The number of piperazine rings is 1. The summed E-state index contributed by atoms with van der Waals surface area (Å²) in [6, 6.07) is 14.4. The van der Waals surface area contributed by atoms with Crippen LogP contribution in [0.25, 0.3) is 11.1 Å². The highest BCUT2D eigenvalue weighted by atomic mass is 19.1. The van der Waals surface area contributed by atoms with Gasteiger partial charge in [0, 0.05) is 38.4 Å². The lowest BCUT2D eigenvalue weighted by atomic mass is 10.2. The third-order valence-corrected chi connectivity index (χ3v) is 5.23. The van der Waals surface area contributed by atoms with E-state index in [1.165, 1.54) is 6.07 Å². The average Bonchev–Trinajstić information content (AvgIpc) is 3.01. The first-order valence-electron chi connectivity index (χ1n) is 9.52. The number of para-hydroxylation sites is 2. The molecule has 1 saturated heterocycles. The largest absolute Gasteiger partial charge is 0.419 e. The van der Waals surface area contributed by atoms with Gasteiger partial charge in [0.1, 0.15) is 5.82 Å². The molecule has 2 heterocycles. The van der Waals surface area contributed by atoms with E-state index in [1.807, 2.05) is 30.3 Å². The number of oxazole rings is 1. The van der Waals surface area contributed by atoms with Gasteiger partial charge >= 0.3 is 5.76 Å². The zero-order valence-corrected chi connectivity index (χ0v) is 15.3. The second kappa shape index (κ2) is 7.96. The van der Waals surface area contributed by atoms with Crippen molar-refractivity contribution < 1.29 is 8.81 Å². The Kier molecular flexibility index (Phi) is 5.25. The molecule has 3 aromatic rings. The SMILES string of the molecule is O=c1oc2ccccc2n1CCCCN1CCN(c2cccc(F)c2)CC1. The maximum atomic E-state index is 13.4. The fourth-order valence-electron chi connectivity index (χ4n) is 3.73. The van der Waals surface area contributed by atoms with Crippen molar-refractivity contribution in [3.05, 3.63) is 64.9 Å². The van der Waals surface area contributed by atoms with Crippen LogP contribution in [-0.4, -0.2) is 42.2 Å². The summed E-state index contributed by atoms with van der Waals surface area (Å²) in [5.41, 5.74) is 2.48. The molecule has 6 heteroatoms. The van der Waals surface area contributed by atoms with Gasteiger partial charge in [-0.25, -0.2) is 9.18 Å². The Morgan fingerprint density at radius 2 is 1.70 bits per heavy atom. The molecular weight excluding hydrogens is 345 g/mol. The molecule has 0 spiro atoms. The highest BCUT2D eigenvalue weighted by molar-refractivity contribution is 5.72. The molecule has 0 amide bonds. The lowest BCUT2D eigenvalue weighted by Gasteiger charge is -2.36. The first-order valence-corrected chi connectivity index (χ1v) is 9.52. The molecule has 1 aliphatic heterocycles. The van der Waals surface area contributed by atoms with Crippen LogP contribution in [0.15, 0.2) is 57.7 Å². The molecule has 1 aromatic heterocycles. The average molecular weight is 369 g/mol. The fourth-order valence-corrected chi connectivity index (χ4v) is 3.73. The molecule has 0 saturated carbocycles. The van der Waals surface area contributed by atoms with Crippen molar-refractivity contribution in [1.29, 1.82) is 0 Å². The van der Waals surface area contributed by atoms with Crippen LogP contribution >= 0.6 is 0 Å². The highest BCUT2D eigenvalue weighted by Gasteiger charge is 2.17. The second-order valence-corrected chi connectivity index (χ2v) is 7.00. The summed E-state index contributed by atoms with van der Waals surface area (Å²) < 4.78 is 20.4. The van der Waals surface area contributed by atoms with Gasteiger partial charge in [0.25, 0.3) is 0 Å². The Morgan fingerprint density at radius 3 is 2.52 bits per heavy atom. The first kappa shape index (κ1) is 17.8. The monoisotopic (exact) mass is 369 g/mol. The zero-order chi connectivity index (χ0) is 18.6. The summed E-state index contributed by atoms with van der Waals surface area (Å²) in [5.74, 6) is -0.461. The van der Waals surface area contributed by atoms with Gasteiger partial charge in [-0.05, 0) is 49.7 Å². The number of anilines is 1. The minimum Gasteiger partial charge on any atom is -0.408 e. The van der Waals surface area contributed by atoms with E-state index in [2.05, 4.69) is 9.80 Å². The van der Waals surface area contributed by atoms with Gasteiger partial charge in [-0.2, -0.15) is 0 Å². The number of aromatic nitrogens is 1. The quantitative estimate of drug-likeness (QED) is 0.625. The van der Waals surface area contributed by atoms with Crippen molar-refractivity contribution in [2.75, 3.05) is 37.6 Å². The Balaban J connectivity index is 1.24. The van der Waals surface area contributed by atoms with Crippen molar-refractivity contribution in [2.45, 2.75) is 19.4 Å². The third kappa shape index (κ3) is 4.06. The van der Waals surface area contributed by atoms with E-state index < -0.39 is 0 Å². The lowest BCUT2D eigenvalue weighted by Crippen LogP contribution is -2.46. The van der Waals surface area contributed by atoms with Crippen molar-refractivity contribution in [2.24, 2.45) is 0 Å². The molecule has 5 nitrogen and oxygen atoms in total. The van der Waals surface area contributed by atoms with Crippen molar-refractivity contribution in [3.63, 3.8) is 0 Å². The topological polar surface area (TPSA) is 41.6 Å². The summed E-state index contributed by atoms with van der Waals surface area (Å²) in [6.07, 6.45) is 1.97. The summed E-state index contributed by atoms with van der Waals surface area (Å²) >= 11 is 0. The minimum atomic E-state index is -0.278. The van der Waals surface area contributed by atoms with Crippen LogP contribution in [0, 0.1) is 5.82 Å². The number of benzene rings is 2. The number of rotatable bonds is 6. The van der Waals surface area contributed by atoms with Crippen molar-refractivity contribution >= 4 is 16.8 Å². The first-order chi connectivity index (χ1) is 13.2. The summed E-state index contributed by atoms with van der Waals surface area (Å²) in [7, 11) is 0. The molecule has 1 fully saturated rings. The van der Waals surface area contributed by atoms with E-state index in [1.54, 1.807) is 16.7 Å². The maximum Gasteiger partial charge on any atom is 0.419 e. The van der Waals surface area contributed by atoms with E-state index in [4.69, 9.17) is 4.42 Å². The Morgan fingerprint density at radius 1 is 0.926 bits per heavy atom. The molecular formula is C21H24FN3O2. The molecule has 0 unspecified atom stereocenters. The highest BCUT2D eigenvalue weighted by Crippen LogP contribution is 2.18. The summed E-state index contributed by atoms with van der Waals surface area (Å²) in [6.45, 7) is 5.47. The number of hydrogen-bond acceptors (Lipinski definition) is 4. The Hall–Kier alpha value is -2.60. The van der Waals surface area contributed by atoms with Crippen LogP contribution in [0.5, 0.6) is 0 Å². The van der Waals surface area contributed by atoms with Gasteiger partial charge in [-0.1, -0.05) is 18.2 Å². The van der Waals surface area contributed by atoms with Crippen molar-refractivity contribution in [3.8, 4) is 0 Å². The van der Waals surface area contributed by atoms with Gasteiger partial charge < -0.3 is 9.32 Å². The number of hydrogen-bond donors (Lipinski definition) is 0. The predicted octanol–water partition coefficient (Wildman–Crippen LogP) is 3.34. The van der Waals surface area contributed by atoms with E-state index in [0.29, 0.717) is 12.1 Å². The van der Waals surface area contributed by atoms with Crippen LogP contribution in [0.1, 0.15) is 12.8 Å². The van der Waals surface area contributed by atoms with Crippen LogP contribution in [0.4, 0.5) is 10.1 Å². The van der Waals surface area contributed by atoms with E-state index >= 15 is 0 Å². The normalized spacial score (nSPS) is 15.5. The third-order valence-electron chi connectivity index (χ3n) is 5.23. The van der Waals surface area contributed by atoms with Gasteiger partial charge in [0.15, 0.2) is 5.58 Å². The van der Waals surface area contributed by atoms with Crippen molar-refractivity contribution in [1.82, 2.24) is 9.47 Å². The van der Waals surface area contributed by atoms with Gasteiger partial charge in [0.05, 0.1) is 5.52 Å². The van der Waals surface area contributed by atoms with Gasteiger partial charge in [0.2, 0.25) is 0 Å². The maximum absolute atomic E-state index is 13.4. The summed E-state index contributed by atoms with van der Waals surface area (Å²) in [5, 5.41) is 0. The number of nitrogens with zero attached hydrogens (tertiary/aromatic N) is 3. The van der Waals surface area contributed by atoms with Crippen LogP contribution < -0.4 is 10.7 Å². The van der Waals surface area contributed by atoms with E-state index in [-0.39, 0.29) is 11.6 Å². The molecule has 27 heavy (non-hydrogen) atoms. The molecule has 2 aromatic carbocycles. The predicted molar refractivity (Wildman–Crippen MR) is 105 cm³/mol. The summed E-state index contributed by atoms with van der Waals surface area (Å²) in [4.78, 5) is 16.7. The molecule has 0 bridgehead atoms. The Bertz CT molecular complexity index is 957. The standard InChI is InChI=1S/C21H24FN3O2/c22-17-6-5-7-18(16-17)24-14-12-23(13-15-24)10-3-4-11-25-19-8-1-2-9-20(19)27-21(25)26/h1-2,5-9,16H,3-4,10-15H2. The zero-order valence-electron chi connectivity index (χ0n) is 15.3. The molecule has 0 aliphatic carbocycles. The minimum absolute atomic E-state index is 0.183. The smallest absolute Gasteiger partial charge is 0.408 e. The number of halogens is 1. The molecule has 0 radical (unpaired) electrons. The molecule has 142 valence electrons. The molecule has 0 atom stereocenters. The second-order valence-electron chi connectivity index (χ2n) is 7.00. The number of fused-ring (bicyclic) bond motifs is 1. The fraction of sp³-hybridized carbons (Fsp3) is 0.381. The van der Waals surface area contributed by atoms with Crippen LogP contribution in [-0.2, 0) is 6.54 Å². The van der Waals surface area contributed by atoms with Gasteiger partial charge in [-0.15, -0.1) is 0 Å². The van der Waals surface area contributed by atoms with E-state index in [9.17, 15) is 9.18 Å². The number of unbranched alkanes of at least 4 members (excludes halogenated alkanes) is 1. The van der Waals surface area contributed by atoms with Gasteiger partial charge in [-0.3, -0.25) is 9.47 Å². The molecule has 4 rings (SSSR count). The molecule has 0 N–H and O–H groups in total. The molecule has 1 aliphatic rings. The Labute approximate surface area is 157 Å². The van der Waals surface area contributed by atoms with E-state index in [0.717, 1.165) is 56.8 Å². The van der Waals surface area contributed by atoms with Crippen LogP contribution in [0.2, 0.25) is 0 Å². The lowest BCUT2D eigenvalue weighted by molar-refractivity contribution is 0.251. The number of aryl methyl sites for hydroxylation is 1. The van der Waals surface area contributed by atoms with Crippen LogP contribution in [0.3, 0.4) is 0 Å².